The first-order chi connectivity index (χ1) is 29.0. The summed E-state index contributed by atoms with van der Waals surface area (Å²) in [5, 5.41) is 0. The minimum Gasteiger partial charge on any atom is -0.368 e. The molecule has 3 aliphatic rings. The lowest BCUT2D eigenvalue weighted by Gasteiger charge is -2.40. The van der Waals surface area contributed by atoms with E-state index < -0.39 is 40.7 Å². The van der Waals surface area contributed by atoms with Gasteiger partial charge in [-0.2, -0.15) is 13.2 Å². The molecule has 310 valence electrons. The number of amides is 2. The number of hydrogen-bond donors (Lipinski definition) is 0. The summed E-state index contributed by atoms with van der Waals surface area (Å²) in [6, 6.07) is 31.8. The molecule has 0 bridgehead atoms. The molecule has 5 aromatic rings. The van der Waals surface area contributed by atoms with E-state index in [1.54, 1.807) is 11.1 Å². The Hall–Kier alpha value is -6.08. The van der Waals surface area contributed by atoms with Crippen LogP contribution in [0.4, 0.5) is 33.5 Å². The fourth-order valence-electron chi connectivity index (χ4n) is 8.44. The number of carbonyl (C=O) groups is 2. The highest BCUT2D eigenvalue weighted by Gasteiger charge is 2.66. The number of carbonyl (C=O) groups excluding carboxylic acids is 2. The molecule has 8 rings (SSSR count). The van der Waals surface area contributed by atoms with E-state index in [-0.39, 0.29) is 18.9 Å². The van der Waals surface area contributed by atoms with Gasteiger partial charge in [0.2, 0.25) is 11.8 Å². The van der Waals surface area contributed by atoms with Crippen LogP contribution in [0.25, 0.3) is 6.08 Å². The quantitative estimate of drug-likeness (QED) is 0.0995. The Kier molecular flexibility index (Phi) is 11.7. The molecule has 0 N–H and O–H groups in total. The van der Waals surface area contributed by atoms with Crippen molar-refractivity contribution < 1.29 is 31.5 Å². The zero-order valence-corrected chi connectivity index (χ0v) is 32.9. The van der Waals surface area contributed by atoms with Crippen molar-refractivity contribution in [1.82, 2.24) is 19.7 Å². The van der Waals surface area contributed by atoms with E-state index in [1.165, 1.54) is 35.3 Å². The number of hydrogen-bond acceptors (Lipinski definition) is 6. The van der Waals surface area contributed by atoms with Gasteiger partial charge in [0, 0.05) is 89.3 Å². The van der Waals surface area contributed by atoms with Crippen molar-refractivity contribution in [2.45, 2.75) is 37.1 Å². The molecule has 2 aliphatic heterocycles. The van der Waals surface area contributed by atoms with Crippen LogP contribution in [-0.2, 0) is 28.9 Å². The van der Waals surface area contributed by atoms with Crippen LogP contribution in [0.1, 0.15) is 40.2 Å². The first-order valence-corrected chi connectivity index (χ1v) is 20.2. The topological polar surface area (TPSA) is 63.2 Å². The van der Waals surface area contributed by atoms with Gasteiger partial charge in [0.15, 0.2) is 11.6 Å². The van der Waals surface area contributed by atoms with E-state index in [0.29, 0.717) is 37.3 Å². The molecule has 60 heavy (non-hydrogen) atoms. The zero-order chi connectivity index (χ0) is 41.9. The maximum Gasteiger partial charge on any atom is 0.416 e. The minimum atomic E-state index is -4.51. The van der Waals surface area contributed by atoms with E-state index >= 15 is 4.79 Å². The number of nitrogens with zero attached hydrogens (tertiary/aromatic N) is 6. The van der Waals surface area contributed by atoms with Crippen molar-refractivity contribution in [3.63, 3.8) is 0 Å². The van der Waals surface area contributed by atoms with Crippen LogP contribution >= 0.6 is 0 Å². The molecule has 13 heteroatoms. The molecule has 0 radical (unpaired) electrons. The second kappa shape index (κ2) is 17.3. The van der Waals surface area contributed by atoms with Crippen LogP contribution in [0.15, 0.2) is 128 Å². The standard InChI is InChI=1S/C47H45F5N6O2/c48-41-19-14-37(30-42(41)49)40-31-46(40,45(60)57-24-22-54(23-25-57)32-35-6-2-1-3-7-35)58(44(59)20-13-34-9-15-38(16-10-34)47(50,51)52)33-36-11-17-39(18-12-36)55-26-28-56(29-27-55)43-8-4-5-21-53-43/h1-21,30,40H,22-29,31-33H2/b20-13+. The fraction of sp³-hybridized carbons (Fsp3) is 0.298. The van der Waals surface area contributed by atoms with Crippen LogP contribution in [0.3, 0.4) is 0 Å². The van der Waals surface area contributed by atoms with Gasteiger partial charge in [-0.15, -0.1) is 0 Å². The molecule has 2 unspecified atom stereocenters. The number of halogens is 5. The molecule has 2 saturated heterocycles. The van der Waals surface area contributed by atoms with Crippen LogP contribution in [0.2, 0.25) is 0 Å². The van der Waals surface area contributed by atoms with Crippen LogP contribution in [0, 0.1) is 11.6 Å². The summed E-state index contributed by atoms with van der Waals surface area (Å²) in [6.45, 7) is 5.91. The summed E-state index contributed by atoms with van der Waals surface area (Å²) in [7, 11) is 0. The molecule has 2 amide bonds. The number of alkyl halides is 3. The predicted molar refractivity (Wildman–Crippen MR) is 221 cm³/mol. The molecule has 1 saturated carbocycles. The maximum atomic E-state index is 15.0. The van der Waals surface area contributed by atoms with E-state index in [4.69, 9.17) is 0 Å². The van der Waals surface area contributed by atoms with Crippen molar-refractivity contribution in [3.8, 4) is 0 Å². The third-order valence-electron chi connectivity index (χ3n) is 11.9. The number of rotatable bonds is 11. The first kappa shape index (κ1) is 40.7. The van der Waals surface area contributed by atoms with E-state index in [9.17, 15) is 26.7 Å². The summed E-state index contributed by atoms with van der Waals surface area (Å²) in [6.07, 6.45) is 0.147. The van der Waals surface area contributed by atoms with E-state index in [1.807, 2.05) is 60.7 Å². The van der Waals surface area contributed by atoms with Crippen molar-refractivity contribution >= 4 is 29.4 Å². The van der Waals surface area contributed by atoms with Gasteiger partial charge < -0.3 is 19.6 Å². The Labute approximate surface area is 346 Å². The number of benzene rings is 4. The Morgan fingerprint density at radius 1 is 0.733 bits per heavy atom. The lowest BCUT2D eigenvalue weighted by molar-refractivity contribution is -0.147. The van der Waals surface area contributed by atoms with Gasteiger partial charge in [-0.25, -0.2) is 13.8 Å². The minimum absolute atomic E-state index is 0.0177. The lowest BCUT2D eigenvalue weighted by atomic mass is 10.0. The molecule has 1 aromatic heterocycles. The second-order valence-electron chi connectivity index (χ2n) is 15.6. The number of pyridine rings is 1. The molecule has 2 atom stereocenters. The van der Waals surface area contributed by atoms with E-state index in [2.05, 4.69) is 31.8 Å². The summed E-state index contributed by atoms with van der Waals surface area (Å²) in [4.78, 5) is 44.1. The van der Waals surface area contributed by atoms with Gasteiger partial charge in [-0.05, 0) is 83.3 Å². The third kappa shape index (κ3) is 8.91. The molecule has 8 nitrogen and oxygen atoms in total. The number of piperazine rings is 2. The van der Waals surface area contributed by atoms with Crippen molar-refractivity contribution in [1.29, 1.82) is 0 Å². The highest BCUT2D eigenvalue weighted by atomic mass is 19.4. The Morgan fingerprint density at radius 2 is 1.42 bits per heavy atom. The molecule has 3 fully saturated rings. The van der Waals surface area contributed by atoms with Gasteiger partial charge in [0.05, 0.1) is 5.56 Å². The third-order valence-corrected chi connectivity index (χ3v) is 11.9. The molecule has 3 heterocycles. The largest absolute Gasteiger partial charge is 0.416 e. The fourth-order valence-corrected chi connectivity index (χ4v) is 8.44. The van der Waals surface area contributed by atoms with Gasteiger partial charge >= 0.3 is 6.18 Å². The SMILES string of the molecule is O=C(/C=C/c1ccc(C(F)(F)F)cc1)N(Cc1ccc(N2CCN(c3ccccn3)CC2)cc1)C1(C(=O)N2CCN(Cc3ccccc3)CC2)CC1c1ccc(F)c(F)c1. The van der Waals surface area contributed by atoms with Crippen LogP contribution in [-0.4, -0.2) is 89.4 Å². The van der Waals surface area contributed by atoms with Gasteiger partial charge in [-0.3, -0.25) is 14.5 Å². The molecule has 4 aromatic carbocycles. The predicted octanol–water partition coefficient (Wildman–Crippen LogP) is 8.02. The number of aromatic nitrogens is 1. The molecule has 0 spiro atoms. The zero-order valence-electron chi connectivity index (χ0n) is 32.9. The van der Waals surface area contributed by atoms with Crippen molar-refractivity contribution in [3.05, 3.63) is 167 Å². The maximum absolute atomic E-state index is 15.0. The molecular formula is C47H45F5N6O2. The average molecular weight is 821 g/mol. The van der Waals surface area contributed by atoms with Crippen LogP contribution in [0.5, 0.6) is 0 Å². The Balaban J connectivity index is 1.07. The normalized spacial score (nSPS) is 19.8. The molecular weight excluding hydrogens is 776 g/mol. The monoisotopic (exact) mass is 820 g/mol. The van der Waals surface area contributed by atoms with Gasteiger partial charge in [0.25, 0.3) is 0 Å². The Bertz CT molecular complexity index is 2290. The van der Waals surface area contributed by atoms with E-state index in [0.717, 1.165) is 79.6 Å². The average Bonchev–Trinajstić information content (AvgIpc) is 4.03. The van der Waals surface area contributed by atoms with Gasteiger partial charge in [0.1, 0.15) is 11.4 Å². The van der Waals surface area contributed by atoms with Gasteiger partial charge in [-0.1, -0.05) is 66.7 Å². The Morgan fingerprint density at radius 3 is 2.07 bits per heavy atom. The highest BCUT2D eigenvalue weighted by molar-refractivity contribution is 6.00. The van der Waals surface area contributed by atoms with Crippen molar-refractivity contribution in [2.24, 2.45) is 0 Å². The smallest absolute Gasteiger partial charge is 0.368 e. The second-order valence-corrected chi connectivity index (χ2v) is 15.6. The van der Waals surface area contributed by atoms with Crippen LogP contribution < -0.4 is 9.80 Å². The highest BCUT2D eigenvalue weighted by Crippen LogP contribution is 2.57. The number of anilines is 2. The first-order valence-electron chi connectivity index (χ1n) is 20.2. The van der Waals surface area contributed by atoms with Crippen molar-refractivity contribution in [2.75, 3.05) is 62.2 Å². The summed E-state index contributed by atoms with van der Waals surface area (Å²) in [5.41, 5.74) is 1.42. The lowest BCUT2D eigenvalue weighted by Crippen LogP contribution is -2.57. The summed E-state index contributed by atoms with van der Waals surface area (Å²) in [5.74, 6) is -2.59. The molecule has 1 aliphatic carbocycles. The summed E-state index contributed by atoms with van der Waals surface area (Å²) < 4.78 is 68.9. The summed E-state index contributed by atoms with van der Waals surface area (Å²) >= 11 is 0.